The van der Waals surface area contributed by atoms with Crippen LogP contribution in [0.1, 0.15) is 25.8 Å². The minimum absolute atomic E-state index is 0.0583. The maximum Gasteiger partial charge on any atom is 0.305 e. The van der Waals surface area contributed by atoms with E-state index in [1.165, 1.54) is 0 Å². The molecule has 0 bridgehead atoms. The van der Waals surface area contributed by atoms with E-state index < -0.39 is 5.97 Å². The molecule has 1 aromatic rings. The highest BCUT2D eigenvalue weighted by Crippen LogP contribution is 2.30. The Labute approximate surface area is 132 Å². The van der Waals surface area contributed by atoms with Gasteiger partial charge >= 0.3 is 5.97 Å². The lowest BCUT2D eigenvalue weighted by molar-refractivity contribution is -0.136. The summed E-state index contributed by atoms with van der Waals surface area (Å²) >= 11 is 0. The van der Waals surface area contributed by atoms with Crippen LogP contribution < -0.4 is 15.0 Å². The number of ether oxygens (including phenoxy) is 1. The Kier molecular flexibility index (Phi) is 7.46. The van der Waals surface area contributed by atoms with Gasteiger partial charge in [-0.05, 0) is 31.5 Å². The Morgan fingerprint density at radius 3 is 2.82 bits per heavy atom. The van der Waals surface area contributed by atoms with Crippen molar-refractivity contribution in [1.29, 1.82) is 0 Å². The Bertz CT molecular complexity index is 501. The molecule has 1 aromatic carbocycles. The number of hydrogen-bond acceptors (Lipinski definition) is 4. The van der Waals surface area contributed by atoms with Crippen LogP contribution in [0.5, 0.6) is 5.75 Å². The molecular formula is C17H26N2O3. The molecule has 0 amide bonds. The fourth-order valence-corrected chi connectivity index (χ4v) is 2.03. The van der Waals surface area contributed by atoms with Gasteiger partial charge in [-0.1, -0.05) is 12.1 Å². The molecule has 2 N–H and O–H groups in total. The van der Waals surface area contributed by atoms with Gasteiger partial charge in [0.15, 0.2) is 0 Å². The summed E-state index contributed by atoms with van der Waals surface area (Å²) in [6, 6.07) is 6.00. The smallest absolute Gasteiger partial charge is 0.305 e. The van der Waals surface area contributed by atoms with Crippen molar-refractivity contribution < 1.29 is 14.6 Å². The summed E-state index contributed by atoms with van der Waals surface area (Å²) in [6.07, 6.45) is 1.97. The lowest BCUT2D eigenvalue weighted by Gasteiger charge is -2.23. The van der Waals surface area contributed by atoms with Crippen molar-refractivity contribution in [1.82, 2.24) is 5.32 Å². The fraction of sp³-hybridized carbons (Fsp3) is 0.471. The van der Waals surface area contributed by atoms with Crippen molar-refractivity contribution in [2.45, 2.75) is 32.9 Å². The van der Waals surface area contributed by atoms with E-state index in [0.717, 1.165) is 30.1 Å². The lowest BCUT2D eigenvalue weighted by atomic mass is 10.1. The van der Waals surface area contributed by atoms with E-state index in [0.29, 0.717) is 6.54 Å². The van der Waals surface area contributed by atoms with Crippen molar-refractivity contribution in [2.75, 3.05) is 25.0 Å². The monoisotopic (exact) mass is 306 g/mol. The highest BCUT2D eigenvalue weighted by Gasteiger charge is 2.12. The molecule has 5 heteroatoms. The van der Waals surface area contributed by atoms with E-state index in [-0.39, 0.29) is 12.5 Å². The third-order valence-electron chi connectivity index (χ3n) is 3.08. The van der Waals surface area contributed by atoms with E-state index in [4.69, 9.17) is 9.84 Å². The van der Waals surface area contributed by atoms with Crippen LogP contribution >= 0.6 is 0 Å². The average Bonchev–Trinajstić information content (AvgIpc) is 2.44. The molecule has 0 aliphatic heterocycles. The van der Waals surface area contributed by atoms with Crippen LogP contribution in [0.3, 0.4) is 0 Å². The van der Waals surface area contributed by atoms with Crippen LogP contribution in [-0.4, -0.2) is 37.3 Å². The van der Waals surface area contributed by atoms with Gasteiger partial charge < -0.3 is 20.1 Å². The molecular weight excluding hydrogens is 280 g/mol. The second kappa shape index (κ2) is 9.10. The number of rotatable bonds is 10. The number of carboxylic acids is 1. The topological polar surface area (TPSA) is 61.8 Å². The number of nitrogens with one attached hydrogen (secondary N) is 1. The summed E-state index contributed by atoms with van der Waals surface area (Å²) in [7, 11) is 1.88. The Morgan fingerprint density at radius 2 is 2.23 bits per heavy atom. The summed E-state index contributed by atoms with van der Waals surface area (Å²) in [5.74, 6) is -0.0239. The van der Waals surface area contributed by atoms with Crippen LogP contribution in [0.4, 0.5) is 5.69 Å². The molecule has 0 aromatic heterocycles. The highest BCUT2D eigenvalue weighted by molar-refractivity contribution is 5.68. The van der Waals surface area contributed by atoms with Gasteiger partial charge in [-0.25, -0.2) is 0 Å². The molecule has 22 heavy (non-hydrogen) atoms. The second-order valence-corrected chi connectivity index (χ2v) is 5.45. The number of nitrogens with zero attached hydrogens (tertiary/aromatic N) is 1. The first kappa shape index (κ1) is 18.0. The van der Waals surface area contributed by atoms with Gasteiger partial charge in [0, 0.05) is 26.7 Å². The third kappa shape index (κ3) is 6.18. The van der Waals surface area contributed by atoms with Gasteiger partial charge in [-0.2, -0.15) is 0 Å². The molecule has 122 valence electrons. The molecule has 0 spiro atoms. The van der Waals surface area contributed by atoms with Crippen LogP contribution in [0, 0.1) is 0 Å². The van der Waals surface area contributed by atoms with Crippen molar-refractivity contribution in [3.63, 3.8) is 0 Å². The van der Waals surface area contributed by atoms with Crippen molar-refractivity contribution in [3.05, 3.63) is 36.4 Å². The molecule has 0 heterocycles. The van der Waals surface area contributed by atoms with E-state index >= 15 is 0 Å². The molecule has 0 unspecified atom stereocenters. The Balaban J connectivity index is 2.89. The van der Waals surface area contributed by atoms with Crippen LogP contribution in [0.2, 0.25) is 0 Å². The van der Waals surface area contributed by atoms with Crippen LogP contribution in [0.25, 0.3) is 0 Å². The zero-order chi connectivity index (χ0) is 16.5. The number of anilines is 1. The minimum atomic E-state index is -0.802. The standard InChI is InChI=1S/C17H26N2O3/c1-5-9-18-12-14-6-7-15(16(11-14)22-13(2)3)19(4)10-8-17(20)21/h5-7,11,13,18H,1,8-10,12H2,2-4H3,(H,20,21). The van der Waals surface area contributed by atoms with E-state index in [1.807, 2.05) is 50.1 Å². The summed E-state index contributed by atoms with van der Waals surface area (Å²) in [5, 5.41) is 12.1. The first-order chi connectivity index (χ1) is 10.4. The SMILES string of the molecule is C=CCNCc1ccc(N(C)CCC(=O)O)c(OC(C)C)c1. The maximum absolute atomic E-state index is 10.7. The van der Waals surface area contributed by atoms with Gasteiger partial charge in [0.1, 0.15) is 5.75 Å². The summed E-state index contributed by atoms with van der Waals surface area (Å²) in [5.41, 5.74) is 2.02. The number of benzene rings is 1. The first-order valence-electron chi connectivity index (χ1n) is 7.48. The van der Waals surface area contributed by atoms with E-state index in [2.05, 4.69) is 11.9 Å². The maximum atomic E-state index is 10.7. The zero-order valence-electron chi connectivity index (χ0n) is 13.6. The molecule has 5 nitrogen and oxygen atoms in total. The molecule has 1 rings (SSSR count). The predicted octanol–water partition coefficient (Wildman–Crippen LogP) is 2.66. The fourth-order valence-electron chi connectivity index (χ4n) is 2.03. The van der Waals surface area contributed by atoms with Gasteiger partial charge in [0.25, 0.3) is 0 Å². The molecule has 0 aliphatic rings. The number of carbonyl (C=O) groups is 1. The van der Waals surface area contributed by atoms with Crippen molar-refractivity contribution >= 4 is 11.7 Å². The largest absolute Gasteiger partial charge is 0.489 e. The summed E-state index contributed by atoms with van der Waals surface area (Å²) in [6.45, 7) is 9.56. The Hall–Kier alpha value is -2.01. The second-order valence-electron chi connectivity index (χ2n) is 5.45. The van der Waals surface area contributed by atoms with Gasteiger partial charge in [0.2, 0.25) is 0 Å². The normalized spacial score (nSPS) is 10.5. The number of carboxylic acid groups (broad SMARTS) is 1. The molecule has 0 atom stereocenters. The van der Waals surface area contributed by atoms with Gasteiger partial charge in [0.05, 0.1) is 18.2 Å². The quantitative estimate of drug-likeness (QED) is 0.514. The average molecular weight is 306 g/mol. The van der Waals surface area contributed by atoms with E-state index in [1.54, 1.807) is 0 Å². The first-order valence-corrected chi connectivity index (χ1v) is 7.48. The summed E-state index contributed by atoms with van der Waals surface area (Å²) < 4.78 is 5.88. The van der Waals surface area contributed by atoms with Crippen LogP contribution in [0.15, 0.2) is 30.9 Å². The van der Waals surface area contributed by atoms with Gasteiger partial charge in [-0.15, -0.1) is 6.58 Å². The highest BCUT2D eigenvalue weighted by atomic mass is 16.5. The predicted molar refractivity (Wildman–Crippen MR) is 89.6 cm³/mol. The number of aliphatic carboxylic acids is 1. The van der Waals surface area contributed by atoms with Gasteiger partial charge in [-0.3, -0.25) is 4.79 Å². The van der Waals surface area contributed by atoms with E-state index in [9.17, 15) is 4.79 Å². The van der Waals surface area contributed by atoms with Crippen molar-refractivity contribution in [2.24, 2.45) is 0 Å². The Morgan fingerprint density at radius 1 is 1.50 bits per heavy atom. The molecule has 0 aliphatic carbocycles. The third-order valence-corrected chi connectivity index (χ3v) is 3.08. The molecule has 0 fully saturated rings. The van der Waals surface area contributed by atoms with Crippen LogP contribution in [-0.2, 0) is 11.3 Å². The lowest BCUT2D eigenvalue weighted by Crippen LogP contribution is -2.22. The number of hydrogen-bond donors (Lipinski definition) is 2. The molecule has 0 saturated carbocycles. The van der Waals surface area contributed by atoms with Crippen molar-refractivity contribution in [3.8, 4) is 5.75 Å². The summed E-state index contributed by atoms with van der Waals surface area (Å²) in [4.78, 5) is 12.6. The zero-order valence-corrected chi connectivity index (χ0v) is 13.6. The minimum Gasteiger partial charge on any atom is -0.489 e. The molecule has 0 radical (unpaired) electrons. The molecule has 0 saturated heterocycles.